The van der Waals surface area contributed by atoms with Crippen molar-refractivity contribution in [2.24, 2.45) is 0 Å². The van der Waals surface area contributed by atoms with Crippen LogP contribution in [-0.4, -0.2) is 30.0 Å². The van der Waals surface area contributed by atoms with Crippen LogP contribution in [0.4, 0.5) is 10.8 Å². The largest absolute Gasteiger partial charge is 0.356 e. The molecule has 3 aromatic rings. The van der Waals surface area contributed by atoms with Gasteiger partial charge in [-0.15, -0.1) is 11.3 Å². The molecule has 0 aliphatic carbocycles. The van der Waals surface area contributed by atoms with Gasteiger partial charge >= 0.3 is 0 Å². The van der Waals surface area contributed by atoms with Gasteiger partial charge in [-0.25, -0.2) is 4.98 Å². The summed E-state index contributed by atoms with van der Waals surface area (Å²) in [6.07, 6.45) is 1.13. The third-order valence-corrected chi connectivity index (χ3v) is 5.21. The van der Waals surface area contributed by atoms with E-state index in [1.54, 1.807) is 11.3 Å². The molecule has 0 fully saturated rings. The molecule has 4 nitrogen and oxygen atoms in total. The zero-order valence-corrected chi connectivity index (χ0v) is 17.9. The predicted octanol–water partition coefficient (Wildman–Crippen LogP) is 6.16. The number of rotatable bonds is 10. The van der Waals surface area contributed by atoms with Crippen LogP contribution >= 0.6 is 11.3 Å². The molecule has 0 aliphatic heterocycles. The minimum absolute atomic E-state index is 0.814. The van der Waals surface area contributed by atoms with Crippen molar-refractivity contribution in [3.05, 3.63) is 84.4 Å². The lowest BCUT2D eigenvalue weighted by atomic mass is 10.1. The molecule has 29 heavy (non-hydrogen) atoms. The number of nitrogens with zero attached hydrogens (tertiary/aromatic N) is 2. The van der Waals surface area contributed by atoms with Crippen molar-refractivity contribution in [3.8, 4) is 11.3 Å². The average Bonchev–Trinajstić information content (AvgIpc) is 3.17. The Balaban J connectivity index is 1.59. The second kappa shape index (κ2) is 10.0. The molecule has 0 atom stereocenters. The first-order chi connectivity index (χ1) is 14.0. The van der Waals surface area contributed by atoms with Crippen LogP contribution in [0.3, 0.4) is 0 Å². The third kappa shape index (κ3) is 6.04. The lowest BCUT2D eigenvalue weighted by Crippen LogP contribution is -2.23. The minimum Gasteiger partial charge on any atom is -0.356 e. The molecule has 3 rings (SSSR count). The van der Waals surface area contributed by atoms with E-state index in [1.807, 2.05) is 30.3 Å². The summed E-state index contributed by atoms with van der Waals surface area (Å²) in [5, 5.41) is 9.62. The van der Waals surface area contributed by atoms with E-state index in [4.69, 9.17) is 4.98 Å². The quantitative estimate of drug-likeness (QED) is 0.424. The van der Waals surface area contributed by atoms with Crippen LogP contribution < -0.4 is 10.6 Å². The summed E-state index contributed by atoms with van der Waals surface area (Å²) in [6, 6.07) is 18.4. The number of hydrogen-bond donors (Lipinski definition) is 2. The Morgan fingerprint density at radius 3 is 2.45 bits per heavy atom. The van der Waals surface area contributed by atoms with Crippen molar-refractivity contribution in [2.45, 2.75) is 13.3 Å². The highest BCUT2D eigenvalue weighted by molar-refractivity contribution is 7.14. The first-order valence-electron chi connectivity index (χ1n) is 9.76. The molecule has 150 valence electrons. The molecule has 1 aromatic heterocycles. The average molecular weight is 405 g/mol. The second-order valence-corrected chi connectivity index (χ2v) is 7.91. The summed E-state index contributed by atoms with van der Waals surface area (Å²) in [6.45, 7) is 12.3. The molecule has 0 saturated heterocycles. The highest BCUT2D eigenvalue weighted by Gasteiger charge is 2.07. The molecule has 0 unspecified atom stereocenters. The van der Waals surface area contributed by atoms with E-state index >= 15 is 0 Å². The van der Waals surface area contributed by atoms with Gasteiger partial charge in [0.1, 0.15) is 0 Å². The molecule has 1 heterocycles. The molecule has 0 radical (unpaired) electrons. The monoisotopic (exact) mass is 404 g/mol. The minimum atomic E-state index is 0.814. The number of aromatic nitrogens is 1. The maximum atomic E-state index is 4.70. The Hall–Kier alpha value is -2.89. The lowest BCUT2D eigenvalue weighted by Gasteiger charge is -2.17. The van der Waals surface area contributed by atoms with Gasteiger partial charge in [-0.1, -0.05) is 62.5 Å². The fraction of sp³-hybridized carbons (Fsp3) is 0.208. The normalized spacial score (nSPS) is 10.7. The number of hydrogen-bond acceptors (Lipinski definition) is 5. The molecule has 2 N–H and O–H groups in total. The van der Waals surface area contributed by atoms with Gasteiger partial charge in [0.15, 0.2) is 5.13 Å². The van der Waals surface area contributed by atoms with Gasteiger partial charge in [-0.2, -0.15) is 0 Å². The van der Waals surface area contributed by atoms with Crippen LogP contribution in [0.1, 0.15) is 18.9 Å². The molecular formula is C24H28N4S. The van der Waals surface area contributed by atoms with E-state index in [-0.39, 0.29) is 0 Å². The lowest BCUT2D eigenvalue weighted by molar-refractivity contribution is 0.364. The summed E-state index contributed by atoms with van der Waals surface area (Å²) in [5.41, 5.74) is 5.96. The van der Waals surface area contributed by atoms with Gasteiger partial charge in [0, 0.05) is 34.6 Å². The van der Waals surface area contributed by atoms with E-state index < -0.39 is 0 Å². The molecular weight excluding hydrogens is 376 g/mol. The Kier molecular flexibility index (Phi) is 7.22. The molecule has 2 aromatic carbocycles. The summed E-state index contributed by atoms with van der Waals surface area (Å²) in [7, 11) is 2.10. The summed E-state index contributed by atoms with van der Waals surface area (Å²) in [5.74, 6) is 0. The van der Waals surface area contributed by atoms with Gasteiger partial charge in [-0.05, 0) is 37.7 Å². The second-order valence-electron chi connectivity index (χ2n) is 7.05. The third-order valence-electron chi connectivity index (χ3n) is 4.45. The van der Waals surface area contributed by atoms with Crippen molar-refractivity contribution >= 4 is 27.9 Å². The van der Waals surface area contributed by atoms with Crippen molar-refractivity contribution in [3.63, 3.8) is 0 Å². The van der Waals surface area contributed by atoms with Crippen molar-refractivity contribution in [1.82, 2.24) is 9.88 Å². The molecule has 0 bridgehead atoms. The highest BCUT2D eigenvalue weighted by Crippen LogP contribution is 2.27. The van der Waals surface area contributed by atoms with Crippen molar-refractivity contribution in [2.75, 3.05) is 30.8 Å². The van der Waals surface area contributed by atoms with Gasteiger partial charge in [0.25, 0.3) is 0 Å². The predicted molar refractivity (Wildman–Crippen MR) is 127 cm³/mol. The zero-order valence-electron chi connectivity index (χ0n) is 17.1. The topological polar surface area (TPSA) is 40.2 Å². The SMILES string of the molecule is C=C(CN(C)CCC)Nc1nc(-c2ccc(NC(=C)c3ccccc3)cc2)cs1. The first kappa shape index (κ1) is 20.8. The number of benzene rings is 2. The van der Waals surface area contributed by atoms with Gasteiger partial charge < -0.3 is 15.5 Å². The zero-order chi connectivity index (χ0) is 20.6. The Morgan fingerprint density at radius 2 is 1.76 bits per heavy atom. The van der Waals surface area contributed by atoms with E-state index in [1.165, 1.54) is 0 Å². The standard InChI is InChI=1S/C24H28N4S/c1-5-15-28(4)16-18(2)25-24-27-23(17-29-24)21-11-13-22(14-12-21)26-19(3)20-9-7-6-8-10-20/h6-14,17,26H,2-3,5,15-16H2,1,4H3,(H,25,27). The summed E-state index contributed by atoms with van der Waals surface area (Å²) >= 11 is 1.59. The number of anilines is 2. The molecule has 0 aliphatic rings. The number of thiazole rings is 1. The molecule has 5 heteroatoms. The van der Waals surface area contributed by atoms with Gasteiger partial charge in [0.05, 0.1) is 5.69 Å². The Labute approximate surface area is 177 Å². The van der Waals surface area contributed by atoms with Crippen LogP contribution in [-0.2, 0) is 0 Å². The molecule has 0 amide bonds. The van der Waals surface area contributed by atoms with E-state index in [9.17, 15) is 0 Å². The first-order valence-corrected chi connectivity index (χ1v) is 10.6. The van der Waals surface area contributed by atoms with Crippen molar-refractivity contribution in [1.29, 1.82) is 0 Å². The smallest absolute Gasteiger partial charge is 0.187 e. The van der Waals surface area contributed by atoms with E-state index in [2.05, 4.69) is 72.3 Å². The van der Waals surface area contributed by atoms with E-state index in [0.29, 0.717) is 0 Å². The van der Waals surface area contributed by atoms with Crippen LogP contribution in [0.15, 0.2) is 78.8 Å². The maximum absolute atomic E-state index is 4.70. The van der Waals surface area contributed by atoms with Gasteiger partial charge in [0.2, 0.25) is 0 Å². The number of likely N-dealkylation sites (N-methyl/N-ethyl adjacent to an activating group) is 1. The summed E-state index contributed by atoms with van der Waals surface area (Å²) < 4.78 is 0. The Morgan fingerprint density at radius 1 is 1.03 bits per heavy atom. The van der Waals surface area contributed by atoms with Gasteiger partial charge in [-0.3, -0.25) is 0 Å². The summed E-state index contributed by atoms with van der Waals surface area (Å²) in [4.78, 5) is 6.95. The fourth-order valence-corrected chi connectivity index (χ4v) is 3.82. The van der Waals surface area contributed by atoms with Crippen LogP contribution in [0.5, 0.6) is 0 Å². The number of nitrogens with one attached hydrogen (secondary N) is 2. The molecule has 0 saturated carbocycles. The Bertz CT molecular complexity index is 945. The van der Waals surface area contributed by atoms with Crippen LogP contribution in [0, 0.1) is 0 Å². The van der Waals surface area contributed by atoms with Crippen LogP contribution in [0.25, 0.3) is 17.0 Å². The van der Waals surface area contributed by atoms with Crippen molar-refractivity contribution < 1.29 is 0 Å². The fourth-order valence-electron chi connectivity index (χ4n) is 3.05. The maximum Gasteiger partial charge on any atom is 0.187 e. The van der Waals surface area contributed by atoms with Crippen LogP contribution in [0.2, 0.25) is 0 Å². The molecule has 0 spiro atoms. The van der Waals surface area contributed by atoms with E-state index in [0.717, 1.165) is 58.5 Å². The highest BCUT2D eigenvalue weighted by atomic mass is 32.1.